The van der Waals surface area contributed by atoms with E-state index in [2.05, 4.69) is 10.1 Å². The number of thioether (sulfide) groups is 1. The molecule has 0 spiro atoms. The summed E-state index contributed by atoms with van der Waals surface area (Å²) in [5.74, 6) is 2.33. The Morgan fingerprint density at radius 3 is 2.74 bits per heavy atom. The number of fused-ring (bicyclic) bond motifs is 3. The summed E-state index contributed by atoms with van der Waals surface area (Å²) in [6.07, 6.45) is 4.27. The van der Waals surface area contributed by atoms with Crippen LogP contribution in [0.15, 0.2) is 38.7 Å². The third-order valence-corrected chi connectivity index (χ3v) is 7.37. The molecule has 160 valence electrons. The monoisotopic (exact) mass is 454 g/mol. The van der Waals surface area contributed by atoms with Crippen molar-refractivity contribution in [2.75, 3.05) is 6.61 Å². The number of aromatic nitrogens is 4. The van der Waals surface area contributed by atoms with Crippen molar-refractivity contribution >= 4 is 33.3 Å². The summed E-state index contributed by atoms with van der Waals surface area (Å²) >= 11 is 3.09. The summed E-state index contributed by atoms with van der Waals surface area (Å²) in [5, 5.41) is 5.24. The van der Waals surface area contributed by atoms with Crippen molar-refractivity contribution < 1.29 is 9.26 Å². The van der Waals surface area contributed by atoms with Crippen LogP contribution in [0.25, 0.3) is 15.9 Å². The van der Waals surface area contributed by atoms with E-state index < -0.39 is 0 Å². The van der Waals surface area contributed by atoms with Gasteiger partial charge in [-0.3, -0.25) is 9.36 Å². The average molecular weight is 455 g/mol. The molecular formula is C22H22N4O3S2. The molecule has 1 aliphatic carbocycles. The standard InChI is InChI=1S/C22H22N4O3S2/c1-3-28-15-10-8-14(9-11-15)26-21(27)19-16-6-4-5-7-17(16)31-20(19)24-22(26)30-12-18-23-13(2)25-29-18/h8-11H,3-7,12H2,1-2H3. The van der Waals surface area contributed by atoms with E-state index in [0.29, 0.717) is 29.2 Å². The lowest BCUT2D eigenvalue weighted by atomic mass is 9.97. The quantitative estimate of drug-likeness (QED) is 0.308. The molecule has 0 unspecified atom stereocenters. The highest BCUT2D eigenvalue weighted by atomic mass is 32.2. The third kappa shape index (κ3) is 3.87. The van der Waals surface area contributed by atoms with Gasteiger partial charge in [-0.2, -0.15) is 4.98 Å². The molecule has 7 nitrogen and oxygen atoms in total. The van der Waals surface area contributed by atoms with E-state index in [9.17, 15) is 4.79 Å². The number of nitrogens with zero attached hydrogens (tertiary/aromatic N) is 4. The van der Waals surface area contributed by atoms with Crippen LogP contribution in [-0.2, 0) is 18.6 Å². The molecule has 1 aliphatic rings. The minimum atomic E-state index is -0.0160. The summed E-state index contributed by atoms with van der Waals surface area (Å²) in [7, 11) is 0. The Bertz CT molecular complexity index is 1290. The maximum absolute atomic E-state index is 13.7. The molecule has 0 N–H and O–H groups in total. The minimum Gasteiger partial charge on any atom is -0.494 e. The highest BCUT2D eigenvalue weighted by Crippen LogP contribution is 2.35. The van der Waals surface area contributed by atoms with E-state index >= 15 is 0 Å². The van der Waals surface area contributed by atoms with Gasteiger partial charge in [0.25, 0.3) is 5.56 Å². The molecule has 0 aliphatic heterocycles. The van der Waals surface area contributed by atoms with Crippen LogP contribution >= 0.6 is 23.1 Å². The zero-order chi connectivity index (χ0) is 21.4. The Balaban J connectivity index is 1.63. The summed E-state index contributed by atoms with van der Waals surface area (Å²) in [6, 6.07) is 7.57. The molecule has 4 aromatic rings. The molecule has 0 fully saturated rings. The number of ether oxygens (including phenoxy) is 1. The summed E-state index contributed by atoms with van der Waals surface area (Å²) in [6.45, 7) is 4.33. The maximum Gasteiger partial charge on any atom is 0.267 e. The van der Waals surface area contributed by atoms with Gasteiger partial charge >= 0.3 is 0 Å². The first-order valence-corrected chi connectivity index (χ1v) is 12.2. The first-order valence-electron chi connectivity index (χ1n) is 10.4. The van der Waals surface area contributed by atoms with Gasteiger partial charge in [0.15, 0.2) is 11.0 Å². The van der Waals surface area contributed by atoms with Gasteiger partial charge in [0.1, 0.15) is 10.6 Å². The van der Waals surface area contributed by atoms with Crippen LogP contribution < -0.4 is 10.3 Å². The van der Waals surface area contributed by atoms with Gasteiger partial charge in [-0.25, -0.2) is 4.98 Å². The highest BCUT2D eigenvalue weighted by molar-refractivity contribution is 7.98. The lowest BCUT2D eigenvalue weighted by molar-refractivity contribution is 0.340. The van der Waals surface area contributed by atoms with Crippen molar-refractivity contribution in [3.8, 4) is 11.4 Å². The predicted molar refractivity (Wildman–Crippen MR) is 122 cm³/mol. The number of thiophene rings is 1. The molecule has 0 saturated heterocycles. The Kier molecular flexibility index (Phi) is 5.54. The molecule has 1 aromatic carbocycles. The van der Waals surface area contributed by atoms with Gasteiger partial charge in [-0.15, -0.1) is 11.3 Å². The van der Waals surface area contributed by atoms with Crippen LogP contribution in [0.5, 0.6) is 5.75 Å². The van der Waals surface area contributed by atoms with Crippen molar-refractivity contribution in [3.63, 3.8) is 0 Å². The fourth-order valence-corrected chi connectivity index (χ4v) is 6.05. The number of rotatable bonds is 6. The van der Waals surface area contributed by atoms with Crippen LogP contribution in [0.2, 0.25) is 0 Å². The molecule has 3 aromatic heterocycles. The van der Waals surface area contributed by atoms with Crippen LogP contribution in [0.1, 0.15) is 41.9 Å². The number of hydrogen-bond donors (Lipinski definition) is 0. The third-order valence-electron chi connectivity index (χ3n) is 5.26. The van der Waals surface area contributed by atoms with Gasteiger partial charge in [0.2, 0.25) is 5.89 Å². The molecule has 0 atom stereocenters. The topological polar surface area (TPSA) is 83.0 Å². The minimum absolute atomic E-state index is 0.0160. The van der Waals surface area contributed by atoms with Crippen molar-refractivity contribution in [1.82, 2.24) is 19.7 Å². The number of aryl methyl sites for hydroxylation is 3. The Labute approximate surface area is 187 Å². The maximum atomic E-state index is 13.7. The number of benzene rings is 1. The van der Waals surface area contributed by atoms with E-state index in [1.54, 1.807) is 22.8 Å². The lowest BCUT2D eigenvalue weighted by Crippen LogP contribution is -2.22. The van der Waals surface area contributed by atoms with Crippen LogP contribution in [0.4, 0.5) is 0 Å². The van der Waals surface area contributed by atoms with E-state index in [-0.39, 0.29) is 5.56 Å². The smallest absolute Gasteiger partial charge is 0.267 e. The second kappa shape index (κ2) is 8.47. The van der Waals surface area contributed by atoms with Crippen molar-refractivity contribution in [3.05, 3.63) is 56.8 Å². The predicted octanol–water partition coefficient (Wildman–Crippen LogP) is 4.71. The van der Waals surface area contributed by atoms with Gasteiger partial charge in [-0.1, -0.05) is 16.9 Å². The Morgan fingerprint density at radius 2 is 2.00 bits per heavy atom. The fraction of sp³-hybridized carbons (Fsp3) is 0.364. The van der Waals surface area contributed by atoms with E-state index in [1.165, 1.54) is 28.6 Å². The average Bonchev–Trinajstić information content (AvgIpc) is 3.36. The van der Waals surface area contributed by atoms with Crippen molar-refractivity contribution in [2.45, 2.75) is 50.4 Å². The zero-order valence-electron chi connectivity index (χ0n) is 17.4. The highest BCUT2D eigenvalue weighted by Gasteiger charge is 2.23. The molecule has 0 radical (unpaired) electrons. The SMILES string of the molecule is CCOc1ccc(-n2c(SCc3nc(C)no3)nc3sc4c(c3c2=O)CCCC4)cc1. The molecule has 5 rings (SSSR count). The summed E-state index contributed by atoms with van der Waals surface area (Å²) < 4.78 is 12.5. The summed E-state index contributed by atoms with van der Waals surface area (Å²) in [5.41, 5.74) is 1.94. The van der Waals surface area contributed by atoms with Gasteiger partial charge in [0.05, 0.1) is 23.4 Å². The van der Waals surface area contributed by atoms with Gasteiger partial charge < -0.3 is 9.26 Å². The van der Waals surface area contributed by atoms with Crippen LogP contribution in [0.3, 0.4) is 0 Å². The molecule has 3 heterocycles. The fourth-order valence-electron chi connectivity index (χ4n) is 3.89. The van der Waals surface area contributed by atoms with E-state index in [0.717, 1.165) is 40.9 Å². The van der Waals surface area contributed by atoms with E-state index in [4.69, 9.17) is 14.2 Å². The molecule has 0 bridgehead atoms. The van der Waals surface area contributed by atoms with Gasteiger partial charge in [0, 0.05) is 4.88 Å². The molecule has 9 heteroatoms. The van der Waals surface area contributed by atoms with Crippen molar-refractivity contribution in [2.24, 2.45) is 0 Å². The van der Waals surface area contributed by atoms with Crippen molar-refractivity contribution in [1.29, 1.82) is 0 Å². The Morgan fingerprint density at radius 1 is 1.19 bits per heavy atom. The number of hydrogen-bond acceptors (Lipinski definition) is 8. The molecule has 0 amide bonds. The van der Waals surface area contributed by atoms with E-state index in [1.807, 2.05) is 31.2 Å². The second-order valence-electron chi connectivity index (χ2n) is 7.38. The molecule has 0 saturated carbocycles. The lowest BCUT2D eigenvalue weighted by Gasteiger charge is -2.13. The largest absolute Gasteiger partial charge is 0.494 e. The molecule has 31 heavy (non-hydrogen) atoms. The normalized spacial score (nSPS) is 13.5. The summed E-state index contributed by atoms with van der Waals surface area (Å²) in [4.78, 5) is 25.1. The second-order valence-corrected chi connectivity index (χ2v) is 9.40. The first-order chi connectivity index (χ1) is 15.1. The van der Waals surface area contributed by atoms with Gasteiger partial charge in [-0.05, 0) is 69.4 Å². The first kappa shape index (κ1) is 20.3. The Hall–Kier alpha value is -2.65. The molecular weight excluding hydrogens is 432 g/mol. The van der Waals surface area contributed by atoms with Crippen LogP contribution in [0, 0.1) is 6.92 Å². The van der Waals surface area contributed by atoms with Crippen LogP contribution in [-0.4, -0.2) is 26.3 Å². The zero-order valence-corrected chi connectivity index (χ0v) is 19.0.